The standard InChI is InChI=1S/C13H20N2/c1-10-6-4-7-11(14)12(10)15-9-5-8-13(15,2)3/h4,6-7H,5,8-9,14H2,1-3H3. The van der Waals surface area contributed by atoms with Crippen molar-refractivity contribution in [3.05, 3.63) is 23.8 Å². The summed E-state index contributed by atoms with van der Waals surface area (Å²) < 4.78 is 0. The molecule has 0 saturated carbocycles. The molecule has 2 N–H and O–H groups in total. The third kappa shape index (κ3) is 1.69. The van der Waals surface area contributed by atoms with Crippen LogP contribution in [0.25, 0.3) is 0 Å². The lowest BCUT2D eigenvalue weighted by atomic mass is 10.0. The van der Waals surface area contributed by atoms with Gasteiger partial charge in [0.1, 0.15) is 0 Å². The van der Waals surface area contributed by atoms with E-state index in [-0.39, 0.29) is 5.54 Å². The number of anilines is 2. The van der Waals surface area contributed by atoms with Crippen LogP contribution in [-0.4, -0.2) is 12.1 Å². The molecule has 2 nitrogen and oxygen atoms in total. The van der Waals surface area contributed by atoms with Gasteiger partial charge in [-0.3, -0.25) is 0 Å². The van der Waals surface area contributed by atoms with E-state index < -0.39 is 0 Å². The SMILES string of the molecule is Cc1cccc(N)c1N1CCCC1(C)C. The maximum absolute atomic E-state index is 6.08. The van der Waals surface area contributed by atoms with Gasteiger partial charge in [-0.1, -0.05) is 12.1 Å². The first kappa shape index (κ1) is 10.3. The van der Waals surface area contributed by atoms with Crippen molar-refractivity contribution in [2.75, 3.05) is 17.2 Å². The van der Waals surface area contributed by atoms with E-state index in [9.17, 15) is 0 Å². The van der Waals surface area contributed by atoms with Crippen LogP contribution in [0.5, 0.6) is 0 Å². The van der Waals surface area contributed by atoms with E-state index >= 15 is 0 Å². The minimum atomic E-state index is 0.250. The lowest BCUT2D eigenvalue weighted by Crippen LogP contribution is -2.39. The van der Waals surface area contributed by atoms with Gasteiger partial charge in [-0.2, -0.15) is 0 Å². The summed E-state index contributed by atoms with van der Waals surface area (Å²) in [5.74, 6) is 0. The second kappa shape index (κ2) is 3.44. The Morgan fingerprint density at radius 2 is 2.07 bits per heavy atom. The normalized spacial score (nSPS) is 19.5. The average molecular weight is 204 g/mol. The number of nitrogens with zero attached hydrogens (tertiary/aromatic N) is 1. The van der Waals surface area contributed by atoms with Crippen LogP contribution in [0.2, 0.25) is 0 Å². The third-order valence-corrected chi connectivity index (χ3v) is 3.44. The van der Waals surface area contributed by atoms with Crippen LogP contribution in [0, 0.1) is 6.92 Å². The highest BCUT2D eigenvalue weighted by Crippen LogP contribution is 2.38. The number of benzene rings is 1. The fourth-order valence-electron chi connectivity index (χ4n) is 2.57. The molecule has 0 aromatic heterocycles. The highest BCUT2D eigenvalue weighted by molar-refractivity contribution is 5.72. The zero-order valence-corrected chi connectivity index (χ0v) is 9.88. The Balaban J connectivity index is 2.45. The first-order chi connectivity index (χ1) is 7.02. The van der Waals surface area contributed by atoms with E-state index in [2.05, 4.69) is 31.7 Å². The van der Waals surface area contributed by atoms with Crippen LogP contribution < -0.4 is 10.6 Å². The smallest absolute Gasteiger partial charge is 0.0634 e. The minimum Gasteiger partial charge on any atom is -0.397 e. The highest BCUT2D eigenvalue weighted by Gasteiger charge is 2.33. The van der Waals surface area contributed by atoms with Crippen molar-refractivity contribution in [2.45, 2.75) is 39.2 Å². The molecule has 1 fully saturated rings. The Morgan fingerprint density at radius 3 is 2.60 bits per heavy atom. The van der Waals surface area contributed by atoms with Crippen LogP contribution in [0.3, 0.4) is 0 Å². The fourth-order valence-corrected chi connectivity index (χ4v) is 2.57. The largest absolute Gasteiger partial charge is 0.397 e. The Kier molecular flexibility index (Phi) is 2.37. The van der Waals surface area contributed by atoms with E-state index in [0.29, 0.717) is 0 Å². The molecule has 0 amide bonds. The summed E-state index contributed by atoms with van der Waals surface area (Å²) >= 11 is 0. The summed E-state index contributed by atoms with van der Waals surface area (Å²) in [7, 11) is 0. The molecule has 1 aromatic rings. The molecule has 1 aliphatic heterocycles. The number of rotatable bonds is 1. The van der Waals surface area contributed by atoms with Crippen LogP contribution in [0.15, 0.2) is 18.2 Å². The van der Waals surface area contributed by atoms with Crippen molar-refractivity contribution in [1.29, 1.82) is 0 Å². The van der Waals surface area contributed by atoms with Crippen molar-refractivity contribution in [1.82, 2.24) is 0 Å². The van der Waals surface area contributed by atoms with Gasteiger partial charge in [-0.05, 0) is 45.2 Å². The van der Waals surface area contributed by atoms with Crippen LogP contribution in [0.4, 0.5) is 11.4 Å². The summed E-state index contributed by atoms with van der Waals surface area (Å²) in [6.45, 7) is 7.86. The molecule has 0 atom stereocenters. The highest BCUT2D eigenvalue weighted by atomic mass is 15.2. The number of hydrogen-bond acceptors (Lipinski definition) is 2. The molecule has 2 heteroatoms. The molecule has 0 unspecified atom stereocenters. The van der Waals surface area contributed by atoms with Gasteiger partial charge in [-0.25, -0.2) is 0 Å². The van der Waals surface area contributed by atoms with E-state index in [1.807, 2.05) is 12.1 Å². The number of aryl methyl sites for hydroxylation is 1. The maximum atomic E-state index is 6.08. The first-order valence-electron chi connectivity index (χ1n) is 5.65. The van der Waals surface area contributed by atoms with Gasteiger partial charge < -0.3 is 10.6 Å². The van der Waals surface area contributed by atoms with E-state index in [1.165, 1.54) is 24.1 Å². The van der Waals surface area contributed by atoms with E-state index in [1.54, 1.807) is 0 Å². The maximum Gasteiger partial charge on any atom is 0.0634 e. The second-order valence-corrected chi connectivity index (χ2v) is 5.08. The van der Waals surface area contributed by atoms with Gasteiger partial charge in [0.25, 0.3) is 0 Å². The topological polar surface area (TPSA) is 29.3 Å². The Hall–Kier alpha value is -1.18. The lowest BCUT2D eigenvalue weighted by Gasteiger charge is -2.35. The second-order valence-electron chi connectivity index (χ2n) is 5.08. The summed E-state index contributed by atoms with van der Waals surface area (Å²) in [5, 5.41) is 0. The summed E-state index contributed by atoms with van der Waals surface area (Å²) in [6.07, 6.45) is 2.52. The molecule has 2 rings (SSSR count). The van der Waals surface area contributed by atoms with E-state index in [0.717, 1.165) is 12.2 Å². The van der Waals surface area contributed by atoms with Gasteiger partial charge in [-0.15, -0.1) is 0 Å². The minimum absolute atomic E-state index is 0.250. The molecule has 82 valence electrons. The molecule has 0 spiro atoms. The first-order valence-corrected chi connectivity index (χ1v) is 5.65. The molecule has 1 aromatic carbocycles. The molecule has 0 bridgehead atoms. The molecule has 0 radical (unpaired) electrons. The van der Waals surface area contributed by atoms with E-state index in [4.69, 9.17) is 5.73 Å². The number of nitrogens with two attached hydrogens (primary N) is 1. The number of para-hydroxylation sites is 1. The molecule has 1 saturated heterocycles. The molecular weight excluding hydrogens is 184 g/mol. The van der Waals surface area contributed by atoms with Gasteiger partial charge in [0, 0.05) is 12.1 Å². The van der Waals surface area contributed by atoms with Gasteiger partial charge >= 0.3 is 0 Å². The van der Waals surface area contributed by atoms with Crippen LogP contribution in [-0.2, 0) is 0 Å². The average Bonchev–Trinajstić information content (AvgIpc) is 2.46. The fraction of sp³-hybridized carbons (Fsp3) is 0.538. The van der Waals surface area contributed by atoms with Crippen molar-refractivity contribution >= 4 is 11.4 Å². The molecule has 0 aliphatic carbocycles. The summed E-state index contributed by atoms with van der Waals surface area (Å²) in [4.78, 5) is 2.46. The third-order valence-electron chi connectivity index (χ3n) is 3.44. The number of nitrogen functional groups attached to an aromatic ring is 1. The monoisotopic (exact) mass is 204 g/mol. The predicted octanol–water partition coefficient (Wildman–Crippen LogP) is 2.96. The van der Waals surface area contributed by atoms with Crippen LogP contribution >= 0.6 is 0 Å². The quantitative estimate of drug-likeness (QED) is 0.713. The Labute approximate surface area is 92.1 Å². The molecule has 15 heavy (non-hydrogen) atoms. The Morgan fingerprint density at radius 1 is 1.33 bits per heavy atom. The zero-order valence-electron chi connectivity index (χ0n) is 9.88. The molecule has 1 heterocycles. The lowest BCUT2D eigenvalue weighted by molar-refractivity contribution is 0.518. The summed E-state index contributed by atoms with van der Waals surface area (Å²) in [6, 6.07) is 6.16. The Bertz CT molecular complexity index is 349. The van der Waals surface area contributed by atoms with Crippen molar-refractivity contribution in [3.8, 4) is 0 Å². The number of hydrogen-bond donors (Lipinski definition) is 1. The molecular formula is C13H20N2. The van der Waals surface area contributed by atoms with Gasteiger partial charge in [0.2, 0.25) is 0 Å². The predicted molar refractivity (Wildman–Crippen MR) is 66.3 cm³/mol. The summed E-state index contributed by atoms with van der Waals surface area (Å²) in [5.41, 5.74) is 9.76. The molecule has 1 aliphatic rings. The van der Waals surface area contributed by atoms with Crippen molar-refractivity contribution in [2.24, 2.45) is 0 Å². The van der Waals surface area contributed by atoms with Crippen molar-refractivity contribution < 1.29 is 0 Å². The van der Waals surface area contributed by atoms with Gasteiger partial charge in [0.15, 0.2) is 0 Å². The zero-order chi connectivity index (χ0) is 11.1. The van der Waals surface area contributed by atoms with Crippen molar-refractivity contribution in [3.63, 3.8) is 0 Å². The van der Waals surface area contributed by atoms with Crippen LogP contribution in [0.1, 0.15) is 32.3 Å². The van der Waals surface area contributed by atoms with Gasteiger partial charge in [0.05, 0.1) is 11.4 Å².